The normalized spacial score (nSPS) is 34.2. The number of rotatable bonds is 6. The number of quaternary nitrogens is 1. The molecule has 4 nitrogen and oxygen atoms in total. The Bertz CT molecular complexity index is 724. The molecule has 0 atom stereocenters. The molecule has 1 amide bonds. The van der Waals surface area contributed by atoms with Crippen molar-refractivity contribution >= 4 is 5.91 Å². The van der Waals surface area contributed by atoms with Gasteiger partial charge in [-0.1, -0.05) is 12.1 Å². The monoisotopic (exact) mass is 411 g/mol. The summed E-state index contributed by atoms with van der Waals surface area (Å²) in [6, 6.07) is 9.00. The van der Waals surface area contributed by atoms with Crippen molar-refractivity contribution in [3.8, 4) is 5.75 Å². The second-order valence-electron chi connectivity index (χ2n) is 11.4. The summed E-state index contributed by atoms with van der Waals surface area (Å²) in [4.78, 5) is 14.5. The topological polar surface area (TPSA) is 29.5 Å². The summed E-state index contributed by atoms with van der Waals surface area (Å²) in [5.74, 6) is 4.18. The Kier molecular flexibility index (Phi) is 5.33. The lowest BCUT2D eigenvalue weighted by atomic mass is 9.48. The number of hydrogen-bond donors (Lipinski definition) is 0. The maximum atomic E-state index is 12.4. The van der Waals surface area contributed by atoms with E-state index in [1.807, 2.05) is 4.90 Å². The summed E-state index contributed by atoms with van der Waals surface area (Å²) < 4.78 is 7.00. The fourth-order valence-electron chi connectivity index (χ4n) is 7.20. The molecule has 4 aliphatic carbocycles. The smallest absolute Gasteiger partial charge is 0.223 e. The maximum absolute atomic E-state index is 12.4. The van der Waals surface area contributed by atoms with E-state index in [9.17, 15) is 4.79 Å². The van der Waals surface area contributed by atoms with Crippen LogP contribution in [0.2, 0.25) is 0 Å². The molecule has 5 fully saturated rings. The van der Waals surface area contributed by atoms with Gasteiger partial charge in [-0.05, 0) is 85.8 Å². The quantitative estimate of drug-likeness (QED) is 0.518. The second kappa shape index (κ2) is 7.85. The lowest BCUT2D eigenvalue weighted by Gasteiger charge is -2.57. The van der Waals surface area contributed by atoms with Crippen LogP contribution in [0.1, 0.15) is 56.9 Å². The highest BCUT2D eigenvalue weighted by molar-refractivity contribution is 5.76. The van der Waals surface area contributed by atoms with Crippen molar-refractivity contribution in [2.75, 3.05) is 46.9 Å². The molecule has 0 radical (unpaired) electrons. The van der Waals surface area contributed by atoms with Gasteiger partial charge in [-0.25, -0.2) is 0 Å². The Morgan fingerprint density at radius 1 is 1.00 bits per heavy atom. The zero-order valence-corrected chi connectivity index (χ0v) is 18.9. The van der Waals surface area contributed by atoms with Crippen LogP contribution >= 0.6 is 0 Å². The zero-order valence-electron chi connectivity index (χ0n) is 18.9. The molecule has 5 aliphatic rings. The lowest BCUT2D eigenvalue weighted by Crippen LogP contribution is -2.56. The molecule has 0 spiro atoms. The first kappa shape index (κ1) is 20.4. The molecule has 0 unspecified atom stereocenters. The van der Waals surface area contributed by atoms with Crippen LogP contribution in [0, 0.1) is 17.8 Å². The van der Waals surface area contributed by atoms with E-state index in [2.05, 4.69) is 38.4 Å². The van der Waals surface area contributed by atoms with Crippen molar-refractivity contribution in [3.05, 3.63) is 29.8 Å². The van der Waals surface area contributed by atoms with E-state index in [1.165, 1.54) is 38.5 Å². The van der Waals surface area contributed by atoms with E-state index in [-0.39, 0.29) is 5.91 Å². The second-order valence-corrected chi connectivity index (χ2v) is 11.4. The molecule has 1 aliphatic heterocycles. The van der Waals surface area contributed by atoms with Crippen molar-refractivity contribution < 1.29 is 14.0 Å². The fraction of sp³-hybridized carbons (Fsp3) is 0.731. The van der Waals surface area contributed by atoms with Crippen LogP contribution in [0.4, 0.5) is 0 Å². The van der Waals surface area contributed by atoms with Crippen LogP contribution in [0.15, 0.2) is 24.3 Å². The first-order chi connectivity index (χ1) is 14.4. The molecule has 1 saturated heterocycles. The molecular weight excluding hydrogens is 372 g/mol. The standard InChI is InChI=1S/C26H39N2O2/c1-28(2)11-9-27(10-12-28)25(29)4-3-13-30-24-7-5-23(6-8-24)26-17-20-14-21(18-26)16-22(15-20)19-26/h5-8,20-22H,3-4,9-19H2,1-2H3/q+1. The van der Waals surface area contributed by atoms with E-state index in [4.69, 9.17) is 4.74 Å². The molecule has 1 aromatic rings. The Balaban J connectivity index is 1.09. The van der Waals surface area contributed by atoms with Gasteiger partial charge in [0.05, 0.1) is 46.9 Å². The summed E-state index contributed by atoms with van der Waals surface area (Å²) in [5.41, 5.74) is 2.01. The van der Waals surface area contributed by atoms with Gasteiger partial charge in [0, 0.05) is 6.42 Å². The number of amides is 1. The van der Waals surface area contributed by atoms with Gasteiger partial charge in [-0.3, -0.25) is 4.79 Å². The van der Waals surface area contributed by atoms with Gasteiger partial charge in [0.2, 0.25) is 5.91 Å². The minimum Gasteiger partial charge on any atom is -0.494 e. The van der Waals surface area contributed by atoms with Crippen LogP contribution in [0.5, 0.6) is 5.75 Å². The van der Waals surface area contributed by atoms with E-state index in [1.54, 1.807) is 5.56 Å². The summed E-state index contributed by atoms with van der Waals surface area (Å²) in [6.45, 7) is 4.51. The average Bonchev–Trinajstić information content (AvgIpc) is 2.70. The number of carbonyl (C=O) groups excluding carboxylic acids is 1. The molecule has 4 bridgehead atoms. The molecule has 164 valence electrons. The highest BCUT2D eigenvalue weighted by Gasteiger charge is 2.51. The van der Waals surface area contributed by atoms with Gasteiger partial charge in [0.25, 0.3) is 0 Å². The first-order valence-corrected chi connectivity index (χ1v) is 12.2. The van der Waals surface area contributed by atoms with Crippen molar-refractivity contribution in [2.45, 2.75) is 56.8 Å². The summed E-state index contributed by atoms with van der Waals surface area (Å²) in [6.07, 6.45) is 10.1. The average molecular weight is 412 g/mol. The SMILES string of the molecule is C[N+]1(C)CCN(C(=O)CCCOc2ccc(C34CC5CC(CC(C5)C3)C4)cc2)CC1. The van der Waals surface area contributed by atoms with E-state index >= 15 is 0 Å². The van der Waals surface area contributed by atoms with Crippen LogP contribution in [0.25, 0.3) is 0 Å². The molecule has 1 heterocycles. The van der Waals surface area contributed by atoms with Crippen LogP contribution in [-0.2, 0) is 10.2 Å². The minimum atomic E-state index is 0.287. The molecule has 4 saturated carbocycles. The lowest BCUT2D eigenvalue weighted by molar-refractivity contribution is -0.894. The Morgan fingerprint density at radius 3 is 2.13 bits per heavy atom. The first-order valence-electron chi connectivity index (χ1n) is 12.2. The molecule has 4 heteroatoms. The van der Waals surface area contributed by atoms with Crippen molar-refractivity contribution in [1.29, 1.82) is 0 Å². The number of carbonyl (C=O) groups is 1. The van der Waals surface area contributed by atoms with Crippen LogP contribution in [-0.4, -0.2) is 62.2 Å². The predicted molar refractivity (Wildman–Crippen MR) is 119 cm³/mol. The summed E-state index contributed by atoms with van der Waals surface area (Å²) >= 11 is 0. The summed E-state index contributed by atoms with van der Waals surface area (Å²) in [7, 11) is 4.48. The Labute approximate surface area is 182 Å². The van der Waals surface area contributed by atoms with Gasteiger partial charge >= 0.3 is 0 Å². The van der Waals surface area contributed by atoms with Gasteiger partial charge < -0.3 is 14.1 Å². The fourth-order valence-corrected chi connectivity index (χ4v) is 7.20. The number of hydrogen-bond acceptors (Lipinski definition) is 2. The Hall–Kier alpha value is -1.55. The van der Waals surface area contributed by atoms with Gasteiger partial charge in [-0.15, -0.1) is 0 Å². The van der Waals surface area contributed by atoms with Crippen molar-refractivity contribution in [3.63, 3.8) is 0 Å². The van der Waals surface area contributed by atoms with E-state index < -0.39 is 0 Å². The highest BCUT2D eigenvalue weighted by Crippen LogP contribution is 2.60. The Morgan fingerprint density at radius 2 is 1.57 bits per heavy atom. The number of ether oxygens (including phenoxy) is 1. The molecule has 0 N–H and O–H groups in total. The third-order valence-corrected chi connectivity index (χ3v) is 8.61. The predicted octanol–water partition coefficient (Wildman–Crippen LogP) is 4.23. The largest absolute Gasteiger partial charge is 0.494 e. The summed E-state index contributed by atoms with van der Waals surface area (Å²) in [5, 5.41) is 0. The van der Waals surface area contributed by atoms with Gasteiger partial charge in [0.15, 0.2) is 0 Å². The number of nitrogens with zero attached hydrogens (tertiary/aromatic N) is 2. The van der Waals surface area contributed by atoms with E-state index in [0.29, 0.717) is 18.4 Å². The molecule has 1 aromatic carbocycles. The molecular formula is C26H39N2O2+. The van der Waals surface area contributed by atoms with Crippen LogP contribution < -0.4 is 4.74 Å². The van der Waals surface area contributed by atoms with Crippen LogP contribution in [0.3, 0.4) is 0 Å². The molecule has 0 aromatic heterocycles. The third kappa shape index (κ3) is 4.12. The maximum Gasteiger partial charge on any atom is 0.223 e. The molecule has 6 rings (SSSR count). The minimum absolute atomic E-state index is 0.287. The third-order valence-electron chi connectivity index (χ3n) is 8.61. The van der Waals surface area contributed by atoms with Crippen molar-refractivity contribution in [1.82, 2.24) is 4.90 Å². The number of piperazine rings is 1. The number of likely N-dealkylation sites (N-methyl/N-ethyl adjacent to an activating group) is 1. The van der Waals surface area contributed by atoms with E-state index in [0.717, 1.165) is 60.6 Å². The van der Waals surface area contributed by atoms with Crippen molar-refractivity contribution in [2.24, 2.45) is 17.8 Å². The zero-order chi connectivity index (χ0) is 20.8. The van der Waals surface area contributed by atoms with Gasteiger partial charge in [0.1, 0.15) is 5.75 Å². The molecule has 30 heavy (non-hydrogen) atoms. The highest BCUT2D eigenvalue weighted by atomic mass is 16.5. The van der Waals surface area contributed by atoms with Gasteiger partial charge in [-0.2, -0.15) is 0 Å². The number of benzene rings is 1.